The molecule has 0 aliphatic heterocycles. The van der Waals surface area contributed by atoms with E-state index in [0.29, 0.717) is 5.56 Å². The van der Waals surface area contributed by atoms with Gasteiger partial charge in [-0.2, -0.15) is 18.4 Å². The van der Waals surface area contributed by atoms with E-state index in [-0.39, 0.29) is 28.8 Å². The number of hydrogen-bond donors (Lipinski definition) is 3. The number of rotatable bonds is 7. The maximum atomic E-state index is 13.0. The predicted octanol–water partition coefficient (Wildman–Crippen LogP) is 3.21. The zero-order valence-electron chi connectivity index (χ0n) is 17.6. The van der Waals surface area contributed by atoms with Gasteiger partial charge in [0.15, 0.2) is 5.82 Å². The van der Waals surface area contributed by atoms with Crippen LogP contribution in [0.1, 0.15) is 28.5 Å². The summed E-state index contributed by atoms with van der Waals surface area (Å²) in [7, 11) is 0. The predicted molar refractivity (Wildman–Crippen MR) is 114 cm³/mol. The lowest BCUT2D eigenvalue weighted by Crippen LogP contribution is -2.33. The summed E-state index contributed by atoms with van der Waals surface area (Å²) in [4.78, 5) is 31.3. The number of amides is 2. The Morgan fingerprint density at radius 1 is 1.06 bits per heavy atom. The van der Waals surface area contributed by atoms with Crippen LogP contribution in [0, 0.1) is 11.3 Å². The van der Waals surface area contributed by atoms with Crippen LogP contribution in [0.15, 0.2) is 48.5 Å². The molecule has 0 fully saturated rings. The number of carbonyl (C=O) groups excluding carboxylic acids is 2. The second-order valence-electron chi connectivity index (χ2n) is 7.04. The van der Waals surface area contributed by atoms with Crippen molar-refractivity contribution in [3.05, 3.63) is 65.4 Å². The average molecular weight is 470 g/mol. The summed E-state index contributed by atoms with van der Waals surface area (Å²) in [6.07, 6.45) is -4.66. The van der Waals surface area contributed by atoms with E-state index in [4.69, 9.17) is 21.5 Å². The van der Waals surface area contributed by atoms with Crippen LogP contribution in [0.25, 0.3) is 11.4 Å². The van der Waals surface area contributed by atoms with Gasteiger partial charge in [0, 0.05) is 11.6 Å². The molecule has 0 spiro atoms. The molecule has 0 radical (unpaired) electrons. The SMILES string of the molecule is CC(Nc1cc(C(N)=O)nc(-c2ccc(Oc3ccc(C(F)(F)F)c(C#N)c3)cc2)n1)C(N)=O. The quantitative estimate of drug-likeness (QED) is 0.478. The number of primary amides is 2. The molecule has 12 heteroatoms. The van der Waals surface area contributed by atoms with E-state index >= 15 is 0 Å². The smallest absolute Gasteiger partial charge is 0.417 e. The van der Waals surface area contributed by atoms with Crippen molar-refractivity contribution in [1.29, 1.82) is 5.26 Å². The molecule has 0 saturated heterocycles. The van der Waals surface area contributed by atoms with Gasteiger partial charge in [-0.25, -0.2) is 9.97 Å². The van der Waals surface area contributed by atoms with Crippen molar-refractivity contribution in [2.75, 3.05) is 5.32 Å². The fourth-order valence-corrected chi connectivity index (χ4v) is 2.80. The Morgan fingerprint density at radius 2 is 1.71 bits per heavy atom. The lowest BCUT2D eigenvalue weighted by Gasteiger charge is -2.13. The third-order valence-corrected chi connectivity index (χ3v) is 4.53. The Balaban J connectivity index is 1.87. The van der Waals surface area contributed by atoms with E-state index in [1.165, 1.54) is 31.2 Å². The molecule has 5 N–H and O–H groups in total. The number of hydrogen-bond acceptors (Lipinski definition) is 7. The number of nitrogens with one attached hydrogen (secondary N) is 1. The van der Waals surface area contributed by atoms with E-state index in [1.807, 2.05) is 0 Å². The van der Waals surface area contributed by atoms with Crippen molar-refractivity contribution >= 4 is 17.6 Å². The second-order valence-corrected chi connectivity index (χ2v) is 7.04. The summed E-state index contributed by atoms with van der Waals surface area (Å²) in [5.74, 6) is -0.878. The van der Waals surface area contributed by atoms with Crippen LogP contribution in [-0.4, -0.2) is 27.8 Å². The van der Waals surface area contributed by atoms with Crippen LogP contribution < -0.4 is 21.5 Å². The molecule has 1 unspecified atom stereocenters. The molecule has 0 aliphatic rings. The third kappa shape index (κ3) is 5.57. The average Bonchev–Trinajstić information content (AvgIpc) is 2.78. The number of nitrogens with zero attached hydrogens (tertiary/aromatic N) is 3. The maximum absolute atomic E-state index is 13.0. The van der Waals surface area contributed by atoms with Crippen LogP contribution >= 0.6 is 0 Å². The molecule has 3 rings (SSSR count). The topological polar surface area (TPSA) is 157 Å². The first-order chi connectivity index (χ1) is 16.0. The van der Waals surface area contributed by atoms with Crippen molar-refractivity contribution in [2.45, 2.75) is 19.1 Å². The molecule has 1 aromatic heterocycles. The summed E-state index contributed by atoms with van der Waals surface area (Å²) in [5.41, 5.74) is 9.30. The molecule has 0 aliphatic carbocycles. The molecule has 0 bridgehead atoms. The van der Waals surface area contributed by atoms with Gasteiger partial charge in [0.05, 0.1) is 17.2 Å². The zero-order chi connectivity index (χ0) is 25.0. The van der Waals surface area contributed by atoms with Gasteiger partial charge in [-0.3, -0.25) is 9.59 Å². The minimum atomic E-state index is -4.66. The van der Waals surface area contributed by atoms with E-state index in [1.54, 1.807) is 12.1 Å². The molecule has 1 heterocycles. The molecule has 174 valence electrons. The number of benzene rings is 2. The number of alkyl halides is 3. The first kappa shape index (κ1) is 24.0. The number of nitriles is 1. The Morgan fingerprint density at radius 3 is 2.26 bits per heavy atom. The Bertz CT molecular complexity index is 1290. The standard InChI is InChI=1S/C22H17F3N6O3/c1-11(19(27)32)29-18-9-17(20(28)33)30-21(31-18)12-2-4-14(5-3-12)34-15-6-7-16(22(23,24)25)13(8-15)10-26/h2-9,11H,1H3,(H2,27,32)(H2,28,33)(H,29,30,31). The number of halogens is 3. The zero-order valence-corrected chi connectivity index (χ0v) is 17.6. The van der Waals surface area contributed by atoms with Gasteiger partial charge < -0.3 is 21.5 Å². The van der Waals surface area contributed by atoms with E-state index in [2.05, 4.69) is 15.3 Å². The van der Waals surface area contributed by atoms with Crippen LogP contribution in [0.2, 0.25) is 0 Å². The fraction of sp³-hybridized carbons (Fsp3) is 0.136. The highest BCUT2D eigenvalue weighted by molar-refractivity contribution is 5.92. The van der Waals surface area contributed by atoms with Gasteiger partial charge in [-0.15, -0.1) is 0 Å². The van der Waals surface area contributed by atoms with E-state index in [9.17, 15) is 22.8 Å². The Labute approximate surface area is 191 Å². The second kappa shape index (κ2) is 9.45. The summed E-state index contributed by atoms with van der Waals surface area (Å²) in [6.45, 7) is 1.51. The summed E-state index contributed by atoms with van der Waals surface area (Å²) in [5, 5.41) is 11.8. The highest BCUT2D eigenvalue weighted by atomic mass is 19.4. The Kier molecular flexibility index (Phi) is 6.67. The number of carbonyl (C=O) groups is 2. The summed E-state index contributed by atoms with van der Waals surface area (Å²) in [6, 6.07) is 11.0. The van der Waals surface area contributed by atoms with Crippen molar-refractivity contribution in [1.82, 2.24) is 9.97 Å². The third-order valence-electron chi connectivity index (χ3n) is 4.53. The van der Waals surface area contributed by atoms with Crippen molar-refractivity contribution in [2.24, 2.45) is 11.5 Å². The molecular formula is C22H17F3N6O3. The first-order valence-electron chi connectivity index (χ1n) is 9.62. The van der Waals surface area contributed by atoms with E-state index < -0.39 is 35.2 Å². The molecule has 3 aromatic rings. The molecule has 34 heavy (non-hydrogen) atoms. The van der Waals surface area contributed by atoms with Gasteiger partial charge >= 0.3 is 6.18 Å². The molecule has 2 aromatic carbocycles. The maximum Gasteiger partial charge on any atom is 0.417 e. The highest BCUT2D eigenvalue weighted by Crippen LogP contribution is 2.34. The fourth-order valence-electron chi connectivity index (χ4n) is 2.80. The largest absolute Gasteiger partial charge is 0.457 e. The number of nitrogens with two attached hydrogens (primary N) is 2. The van der Waals surface area contributed by atoms with Gasteiger partial charge in [-0.05, 0) is 49.4 Å². The van der Waals surface area contributed by atoms with Crippen molar-refractivity contribution in [3.8, 4) is 29.0 Å². The van der Waals surface area contributed by atoms with Crippen LogP contribution in [0.5, 0.6) is 11.5 Å². The minimum Gasteiger partial charge on any atom is -0.457 e. The van der Waals surface area contributed by atoms with Gasteiger partial charge in [0.2, 0.25) is 5.91 Å². The Hall–Kier alpha value is -4.66. The first-order valence-corrected chi connectivity index (χ1v) is 9.62. The van der Waals surface area contributed by atoms with Crippen molar-refractivity contribution in [3.63, 3.8) is 0 Å². The summed E-state index contributed by atoms with van der Waals surface area (Å²) >= 11 is 0. The number of aromatic nitrogens is 2. The minimum absolute atomic E-state index is 0.0381. The molecular weight excluding hydrogens is 453 g/mol. The molecule has 1 atom stereocenters. The molecule has 9 nitrogen and oxygen atoms in total. The van der Waals surface area contributed by atoms with Gasteiger partial charge in [0.1, 0.15) is 29.1 Å². The van der Waals surface area contributed by atoms with Gasteiger partial charge in [-0.1, -0.05) is 0 Å². The monoisotopic (exact) mass is 470 g/mol. The van der Waals surface area contributed by atoms with Crippen LogP contribution in [-0.2, 0) is 11.0 Å². The van der Waals surface area contributed by atoms with Gasteiger partial charge in [0.25, 0.3) is 5.91 Å². The highest BCUT2D eigenvalue weighted by Gasteiger charge is 2.33. The van der Waals surface area contributed by atoms with E-state index in [0.717, 1.165) is 18.2 Å². The lowest BCUT2D eigenvalue weighted by atomic mass is 10.1. The summed E-state index contributed by atoms with van der Waals surface area (Å²) < 4.78 is 44.4. The van der Waals surface area contributed by atoms with Crippen LogP contribution in [0.3, 0.4) is 0 Å². The van der Waals surface area contributed by atoms with Crippen LogP contribution in [0.4, 0.5) is 19.0 Å². The van der Waals surface area contributed by atoms with Crippen molar-refractivity contribution < 1.29 is 27.5 Å². The number of anilines is 1. The molecule has 2 amide bonds. The normalized spacial score (nSPS) is 11.9. The lowest BCUT2D eigenvalue weighted by molar-refractivity contribution is -0.137. The molecule has 0 saturated carbocycles. The number of ether oxygens (including phenoxy) is 1.